The highest BCUT2D eigenvalue weighted by atomic mass is 16.3. The molecule has 46 heavy (non-hydrogen) atoms. The number of aromatic nitrogens is 2. The lowest BCUT2D eigenvalue weighted by molar-refractivity contribution is 0.669. The lowest BCUT2D eigenvalue weighted by Crippen LogP contribution is -1.99. The predicted molar refractivity (Wildman–Crippen MR) is 190 cm³/mol. The van der Waals surface area contributed by atoms with Crippen LogP contribution in [0.15, 0.2) is 154 Å². The lowest BCUT2D eigenvalue weighted by atomic mass is 10.1. The van der Waals surface area contributed by atoms with Gasteiger partial charge in [-0.25, -0.2) is 0 Å². The molecule has 0 amide bonds. The van der Waals surface area contributed by atoms with Crippen LogP contribution in [0.25, 0.3) is 98.9 Å². The summed E-state index contributed by atoms with van der Waals surface area (Å²) in [5.74, 6) is 0. The second kappa shape index (κ2) is 8.68. The fourth-order valence-electron chi connectivity index (χ4n) is 7.84. The highest BCUT2D eigenvalue weighted by Crippen LogP contribution is 2.43. The van der Waals surface area contributed by atoms with Gasteiger partial charge in [0.1, 0.15) is 22.3 Å². The van der Waals surface area contributed by atoms with Crippen molar-refractivity contribution in [3.8, 4) is 11.4 Å². The molecule has 4 aromatic heterocycles. The van der Waals surface area contributed by atoms with E-state index in [0.717, 1.165) is 77.3 Å². The fraction of sp³-hybridized carbons (Fsp3) is 0. The zero-order valence-corrected chi connectivity index (χ0v) is 24.6. The van der Waals surface area contributed by atoms with Crippen molar-refractivity contribution >= 4 is 87.5 Å². The molecule has 4 nitrogen and oxygen atoms in total. The van der Waals surface area contributed by atoms with E-state index in [0.29, 0.717) is 0 Å². The van der Waals surface area contributed by atoms with Gasteiger partial charge in [0.15, 0.2) is 0 Å². The normalized spacial score (nSPS) is 12.3. The van der Waals surface area contributed by atoms with Crippen molar-refractivity contribution in [1.82, 2.24) is 9.13 Å². The van der Waals surface area contributed by atoms with Crippen molar-refractivity contribution in [1.29, 1.82) is 0 Å². The predicted octanol–water partition coefficient (Wildman–Crippen LogP) is 11.7. The highest BCUT2D eigenvalue weighted by Gasteiger charge is 2.21. The third-order valence-electron chi connectivity index (χ3n) is 9.70. The van der Waals surface area contributed by atoms with Gasteiger partial charge in [0.25, 0.3) is 0 Å². The van der Waals surface area contributed by atoms with E-state index in [-0.39, 0.29) is 0 Å². The maximum absolute atomic E-state index is 6.37. The van der Waals surface area contributed by atoms with Gasteiger partial charge in [-0.1, -0.05) is 78.9 Å². The van der Waals surface area contributed by atoms with Gasteiger partial charge in [-0.15, -0.1) is 0 Å². The number of furan rings is 2. The Kier molecular flexibility index (Phi) is 4.55. The largest absolute Gasteiger partial charge is 0.456 e. The summed E-state index contributed by atoms with van der Waals surface area (Å²) in [6, 6.07) is 51.6. The zero-order chi connectivity index (χ0) is 29.9. The number of nitrogens with zero attached hydrogens (tertiary/aromatic N) is 2. The van der Waals surface area contributed by atoms with Gasteiger partial charge in [-0.05, 0) is 66.7 Å². The first-order chi connectivity index (χ1) is 22.8. The maximum Gasteiger partial charge on any atom is 0.137 e. The SMILES string of the molecule is c1cc(-n2c3ccccc3c3ccc4oc5ccccc5c4c32)cc(-n2c3ccccc3c3ccc4oc5ccccc5c4c32)c1. The summed E-state index contributed by atoms with van der Waals surface area (Å²) >= 11 is 0. The third kappa shape index (κ3) is 3.03. The third-order valence-corrected chi connectivity index (χ3v) is 9.70. The highest BCUT2D eigenvalue weighted by molar-refractivity contribution is 6.26. The number of fused-ring (bicyclic) bond motifs is 14. The van der Waals surface area contributed by atoms with E-state index in [9.17, 15) is 0 Å². The van der Waals surface area contributed by atoms with E-state index in [4.69, 9.17) is 8.83 Å². The van der Waals surface area contributed by atoms with Gasteiger partial charge < -0.3 is 18.0 Å². The Hall–Kier alpha value is -6.26. The molecule has 0 unspecified atom stereocenters. The van der Waals surface area contributed by atoms with Crippen molar-refractivity contribution in [2.24, 2.45) is 0 Å². The average Bonchev–Trinajstić information content (AvgIpc) is 3.85. The molecular formula is C42H24N2O2. The van der Waals surface area contributed by atoms with Gasteiger partial charge in [0.2, 0.25) is 0 Å². The quantitative estimate of drug-likeness (QED) is 0.201. The second-order valence-electron chi connectivity index (χ2n) is 12.1. The van der Waals surface area contributed by atoms with Crippen LogP contribution in [0.5, 0.6) is 0 Å². The molecule has 0 radical (unpaired) electrons. The molecule has 214 valence electrons. The molecule has 0 spiro atoms. The molecule has 0 atom stereocenters. The van der Waals surface area contributed by atoms with Gasteiger partial charge >= 0.3 is 0 Å². The fourth-order valence-corrected chi connectivity index (χ4v) is 7.84. The van der Waals surface area contributed by atoms with Gasteiger partial charge in [0, 0.05) is 43.7 Å². The number of rotatable bonds is 2. The van der Waals surface area contributed by atoms with Crippen molar-refractivity contribution in [3.05, 3.63) is 146 Å². The van der Waals surface area contributed by atoms with Crippen molar-refractivity contribution in [2.45, 2.75) is 0 Å². The van der Waals surface area contributed by atoms with Crippen molar-refractivity contribution in [3.63, 3.8) is 0 Å². The number of para-hydroxylation sites is 4. The summed E-state index contributed by atoms with van der Waals surface area (Å²) in [6.07, 6.45) is 0. The van der Waals surface area contributed by atoms with E-state index >= 15 is 0 Å². The number of hydrogen-bond donors (Lipinski definition) is 0. The molecule has 11 aromatic rings. The monoisotopic (exact) mass is 588 g/mol. The minimum Gasteiger partial charge on any atom is -0.456 e. The van der Waals surface area contributed by atoms with Crippen LogP contribution in [0.3, 0.4) is 0 Å². The molecule has 0 aliphatic carbocycles. The van der Waals surface area contributed by atoms with E-state index < -0.39 is 0 Å². The standard InChI is InChI=1S/C42H24N2O2/c1-5-16-33-27(12-1)29-20-22-37-39(31-14-3-7-18-35(31)45-37)41(29)43(33)25-10-9-11-26(24-25)44-34-17-6-2-13-28(34)30-21-23-38-40(42(30)44)32-15-4-8-19-36(32)46-38/h1-24H. The smallest absolute Gasteiger partial charge is 0.137 e. The summed E-state index contributed by atoms with van der Waals surface area (Å²) in [4.78, 5) is 0. The molecular weight excluding hydrogens is 564 g/mol. The van der Waals surface area contributed by atoms with Crippen LogP contribution in [0.2, 0.25) is 0 Å². The van der Waals surface area contributed by atoms with Crippen LogP contribution in [0.1, 0.15) is 0 Å². The molecule has 0 aliphatic heterocycles. The van der Waals surface area contributed by atoms with Crippen LogP contribution in [0.4, 0.5) is 0 Å². The molecule has 7 aromatic carbocycles. The molecule has 0 fully saturated rings. The van der Waals surface area contributed by atoms with Crippen LogP contribution in [-0.4, -0.2) is 9.13 Å². The summed E-state index contributed by atoms with van der Waals surface area (Å²) in [5.41, 5.74) is 10.4. The molecule has 11 rings (SSSR count). The van der Waals surface area contributed by atoms with Crippen LogP contribution in [-0.2, 0) is 0 Å². The Labute approximate surface area is 261 Å². The maximum atomic E-state index is 6.37. The molecule has 0 N–H and O–H groups in total. The molecule has 4 heteroatoms. The van der Waals surface area contributed by atoms with Crippen molar-refractivity contribution < 1.29 is 8.83 Å². The first-order valence-corrected chi connectivity index (χ1v) is 15.6. The van der Waals surface area contributed by atoms with E-state index in [2.05, 4.69) is 143 Å². The van der Waals surface area contributed by atoms with Crippen LogP contribution in [0, 0.1) is 0 Å². The Morgan fingerprint density at radius 3 is 1.26 bits per heavy atom. The minimum absolute atomic E-state index is 0.894. The summed E-state index contributed by atoms with van der Waals surface area (Å²) in [7, 11) is 0. The van der Waals surface area contributed by atoms with Crippen molar-refractivity contribution in [2.75, 3.05) is 0 Å². The molecule has 4 heterocycles. The topological polar surface area (TPSA) is 36.1 Å². The van der Waals surface area contributed by atoms with Crippen LogP contribution >= 0.6 is 0 Å². The second-order valence-corrected chi connectivity index (χ2v) is 12.1. The van der Waals surface area contributed by atoms with E-state index in [1.54, 1.807) is 0 Å². The zero-order valence-electron chi connectivity index (χ0n) is 24.6. The molecule has 0 saturated heterocycles. The minimum atomic E-state index is 0.894. The van der Waals surface area contributed by atoms with E-state index in [1.807, 2.05) is 12.1 Å². The van der Waals surface area contributed by atoms with Crippen LogP contribution < -0.4 is 0 Å². The van der Waals surface area contributed by atoms with Gasteiger partial charge in [-0.2, -0.15) is 0 Å². The summed E-state index contributed by atoms with van der Waals surface area (Å²) in [6.45, 7) is 0. The summed E-state index contributed by atoms with van der Waals surface area (Å²) in [5, 5.41) is 9.39. The first kappa shape index (κ1) is 24.1. The van der Waals surface area contributed by atoms with Gasteiger partial charge in [0.05, 0.1) is 32.8 Å². The lowest BCUT2D eigenvalue weighted by Gasteiger charge is -2.13. The Balaban J connectivity index is 1.28. The Morgan fingerprint density at radius 2 is 0.761 bits per heavy atom. The molecule has 0 bridgehead atoms. The Bertz CT molecular complexity index is 2840. The molecule has 0 saturated carbocycles. The van der Waals surface area contributed by atoms with E-state index in [1.165, 1.54) is 21.5 Å². The number of benzene rings is 7. The first-order valence-electron chi connectivity index (χ1n) is 15.6. The number of hydrogen-bond acceptors (Lipinski definition) is 2. The summed E-state index contributed by atoms with van der Waals surface area (Å²) < 4.78 is 17.6. The Morgan fingerprint density at radius 1 is 0.326 bits per heavy atom. The van der Waals surface area contributed by atoms with Gasteiger partial charge in [-0.3, -0.25) is 0 Å². The molecule has 0 aliphatic rings. The average molecular weight is 589 g/mol.